The molecule has 0 aliphatic carbocycles. The van der Waals surface area contributed by atoms with Gasteiger partial charge in [0.1, 0.15) is 0 Å². The van der Waals surface area contributed by atoms with Crippen LogP contribution in [0, 0.1) is 5.92 Å². The summed E-state index contributed by atoms with van der Waals surface area (Å²) in [5.41, 5.74) is 0. The second kappa shape index (κ2) is 11.6. The van der Waals surface area contributed by atoms with Gasteiger partial charge < -0.3 is 20.1 Å². The molecule has 0 saturated carbocycles. The maximum atomic E-state index is 11.5. The highest BCUT2D eigenvalue weighted by Gasteiger charge is 2.24. The summed E-state index contributed by atoms with van der Waals surface area (Å²) in [5.74, 6) is 1.25. The highest BCUT2D eigenvalue weighted by atomic mass is 32.2. The molecule has 0 amide bonds. The van der Waals surface area contributed by atoms with Crippen molar-refractivity contribution in [3.63, 3.8) is 0 Å². The number of piperidine rings is 1. The van der Waals surface area contributed by atoms with Crippen LogP contribution in [0.3, 0.4) is 0 Å². The summed E-state index contributed by atoms with van der Waals surface area (Å²) in [7, 11) is 0.353. The lowest BCUT2D eigenvalue weighted by Gasteiger charge is -2.30. The number of nitrogens with zero attached hydrogens (tertiary/aromatic N) is 2. The first-order chi connectivity index (χ1) is 11.5. The number of guanidine groups is 1. The average molecular weight is 365 g/mol. The minimum atomic E-state index is -3.05. The van der Waals surface area contributed by atoms with Gasteiger partial charge in [-0.25, -0.2) is 12.7 Å². The van der Waals surface area contributed by atoms with E-state index in [9.17, 15) is 8.42 Å². The van der Waals surface area contributed by atoms with E-state index in [1.54, 1.807) is 18.5 Å². The van der Waals surface area contributed by atoms with Crippen LogP contribution in [0.2, 0.25) is 0 Å². The SMILES string of the molecule is CN=C(NCCCOCCOC)NCC1CCN(S(C)(=O)=O)CC1. The van der Waals surface area contributed by atoms with Crippen molar-refractivity contribution >= 4 is 16.0 Å². The van der Waals surface area contributed by atoms with Crippen molar-refractivity contribution in [2.45, 2.75) is 19.3 Å². The van der Waals surface area contributed by atoms with E-state index in [1.807, 2.05) is 0 Å². The van der Waals surface area contributed by atoms with Crippen LogP contribution in [0.4, 0.5) is 0 Å². The third-order valence-electron chi connectivity index (χ3n) is 4.01. The lowest BCUT2D eigenvalue weighted by atomic mass is 9.98. The van der Waals surface area contributed by atoms with Crippen LogP contribution >= 0.6 is 0 Å². The number of hydrogen-bond acceptors (Lipinski definition) is 5. The lowest BCUT2D eigenvalue weighted by molar-refractivity contribution is 0.0698. The predicted molar refractivity (Wildman–Crippen MR) is 95.8 cm³/mol. The Labute approximate surface area is 146 Å². The highest BCUT2D eigenvalue weighted by Crippen LogP contribution is 2.18. The molecule has 0 aromatic rings. The number of hydrogen-bond donors (Lipinski definition) is 2. The van der Waals surface area contributed by atoms with Crippen LogP contribution in [0.1, 0.15) is 19.3 Å². The Morgan fingerprint density at radius 3 is 2.50 bits per heavy atom. The van der Waals surface area contributed by atoms with Gasteiger partial charge in [0.25, 0.3) is 0 Å². The van der Waals surface area contributed by atoms with E-state index in [2.05, 4.69) is 15.6 Å². The maximum absolute atomic E-state index is 11.5. The van der Waals surface area contributed by atoms with Gasteiger partial charge in [-0.2, -0.15) is 0 Å². The minimum Gasteiger partial charge on any atom is -0.382 e. The Morgan fingerprint density at radius 2 is 1.92 bits per heavy atom. The summed E-state index contributed by atoms with van der Waals surface area (Å²) < 4.78 is 34.9. The van der Waals surface area contributed by atoms with E-state index in [0.29, 0.717) is 38.8 Å². The van der Waals surface area contributed by atoms with E-state index < -0.39 is 10.0 Å². The monoisotopic (exact) mass is 364 g/mol. The fourth-order valence-electron chi connectivity index (χ4n) is 2.53. The fourth-order valence-corrected chi connectivity index (χ4v) is 3.41. The van der Waals surface area contributed by atoms with Gasteiger partial charge in [-0.15, -0.1) is 0 Å². The Bertz CT molecular complexity index is 462. The largest absolute Gasteiger partial charge is 0.382 e. The van der Waals surface area contributed by atoms with Gasteiger partial charge in [-0.05, 0) is 25.2 Å². The standard InChI is InChI=1S/C15H32N4O4S/c1-16-15(17-7-4-10-23-12-11-22-2)18-13-14-5-8-19(9-6-14)24(3,20)21/h14H,4-13H2,1-3H3,(H2,16,17,18). The molecule has 0 aromatic heterocycles. The van der Waals surface area contributed by atoms with Gasteiger partial charge in [0.15, 0.2) is 5.96 Å². The van der Waals surface area contributed by atoms with E-state index >= 15 is 0 Å². The zero-order valence-electron chi connectivity index (χ0n) is 15.1. The number of nitrogens with one attached hydrogen (secondary N) is 2. The molecule has 0 unspecified atom stereocenters. The second-order valence-electron chi connectivity index (χ2n) is 5.94. The zero-order chi connectivity index (χ0) is 17.8. The van der Waals surface area contributed by atoms with E-state index in [1.165, 1.54) is 6.26 Å². The zero-order valence-corrected chi connectivity index (χ0v) is 15.9. The summed E-state index contributed by atoms with van der Waals surface area (Å²) in [6.07, 6.45) is 3.93. The summed E-state index contributed by atoms with van der Waals surface area (Å²) in [5, 5.41) is 6.57. The lowest BCUT2D eigenvalue weighted by Crippen LogP contribution is -2.44. The summed E-state index contributed by atoms with van der Waals surface area (Å²) >= 11 is 0. The molecule has 9 heteroatoms. The first kappa shape index (κ1) is 21.1. The maximum Gasteiger partial charge on any atom is 0.211 e. The third-order valence-corrected chi connectivity index (χ3v) is 5.32. The van der Waals surface area contributed by atoms with Crippen molar-refractivity contribution in [1.29, 1.82) is 0 Å². The van der Waals surface area contributed by atoms with Gasteiger partial charge in [-0.1, -0.05) is 0 Å². The summed E-state index contributed by atoms with van der Waals surface area (Å²) in [4.78, 5) is 4.20. The molecule has 1 saturated heterocycles. The van der Waals surface area contributed by atoms with Crippen molar-refractivity contribution in [3.8, 4) is 0 Å². The minimum absolute atomic E-state index is 0.471. The molecule has 0 atom stereocenters. The summed E-state index contributed by atoms with van der Waals surface area (Å²) in [6.45, 7) is 4.74. The van der Waals surface area contributed by atoms with Crippen molar-refractivity contribution in [2.75, 3.05) is 66.4 Å². The smallest absolute Gasteiger partial charge is 0.211 e. The van der Waals surface area contributed by atoms with Crippen molar-refractivity contribution < 1.29 is 17.9 Å². The van der Waals surface area contributed by atoms with Gasteiger partial charge in [0.05, 0.1) is 19.5 Å². The van der Waals surface area contributed by atoms with E-state index in [4.69, 9.17) is 9.47 Å². The number of sulfonamides is 1. The van der Waals surface area contributed by atoms with Crippen LogP contribution in [0.15, 0.2) is 4.99 Å². The molecule has 142 valence electrons. The van der Waals surface area contributed by atoms with Crippen LogP contribution in [-0.4, -0.2) is 85.1 Å². The molecule has 8 nitrogen and oxygen atoms in total. The molecular weight excluding hydrogens is 332 g/mol. The van der Waals surface area contributed by atoms with Gasteiger partial charge in [-0.3, -0.25) is 4.99 Å². The van der Waals surface area contributed by atoms with Crippen molar-refractivity contribution in [1.82, 2.24) is 14.9 Å². The summed E-state index contributed by atoms with van der Waals surface area (Å²) in [6, 6.07) is 0. The van der Waals surface area contributed by atoms with Crippen molar-refractivity contribution in [3.05, 3.63) is 0 Å². The van der Waals surface area contributed by atoms with Crippen LogP contribution in [0.25, 0.3) is 0 Å². The first-order valence-electron chi connectivity index (χ1n) is 8.43. The molecule has 1 fully saturated rings. The fraction of sp³-hybridized carbons (Fsp3) is 0.933. The van der Waals surface area contributed by atoms with E-state index in [0.717, 1.165) is 38.3 Å². The number of ether oxygens (including phenoxy) is 2. The topological polar surface area (TPSA) is 92.3 Å². The molecule has 0 bridgehead atoms. The Balaban J connectivity index is 2.12. The number of methoxy groups -OCH3 is 1. The van der Waals surface area contributed by atoms with Crippen LogP contribution in [-0.2, 0) is 19.5 Å². The average Bonchev–Trinajstić information content (AvgIpc) is 2.56. The highest BCUT2D eigenvalue weighted by molar-refractivity contribution is 7.88. The van der Waals surface area contributed by atoms with Crippen LogP contribution in [0.5, 0.6) is 0 Å². The molecule has 1 aliphatic heterocycles. The normalized spacial score (nSPS) is 17.9. The molecule has 1 heterocycles. The predicted octanol–water partition coefficient (Wildman–Crippen LogP) is -0.124. The van der Waals surface area contributed by atoms with Gasteiger partial charge >= 0.3 is 0 Å². The molecule has 1 aliphatic rings. The third kappa shape index (κ3) is 8.81. The molecule has 0 radical (unpaired) electrons. The molecule has 0 spiro atoms. The molecular formula is C15H32N4O4S. The molecule has 2 N–H and O–H groups in total. The Morgan fingerprint density at radius 1 is 1.21 bits per heavy atom. The number of rotatable bonds is 10. The number of aliphatic imine (C=N–C) groups is 1. The Kier molecular flexibility index (Phi) is 10.2. The molecule has 1 rings (SSSR count). The second-order valence-corrected chi connectivity index (χ2v) is 7.93. The molecule has 0 aromatic carbocycles. The van der Waals surface area contributed by atoms with Gasteiger partial charge in [0, 0.05) is 46.9 Å². The van der Waals surface area contributed by atoms with E-state index in [-0.39, 0.29) is 0 Å². The quantitative estimate of drug-likeness (QED) is 0.319. The Hall–Kier alpha value is -0.900. The van der Waals surface area contributed by atoms with Crippen molar-refractivity contribution in [2.24, 2.45) is 10.9 Å². The van der Waals surface area contributed by atoms with Gasteiger partial charge in [0.2, 0.25) is 10.0 Å². The first-order valence-corrected chi connectivity index (χ1v) is 10.3. The van der Waals surface area contributed by atoms with Crippen LogP contribution < -0.4 is 10.6 Å². The molecule has 24 heavy (non-hydrogen) atoms.